The van der Waals surface area contributed by atoms with Gasteiger partial charge in [0.05, 0.1) is 6.61 Å². The van der Waals surface area contributed by atoms with E-state index in [4.69, 9.17) is 27.6 Å². The molecule has 0 radical (unpaired) electrons. The number of alkyl halides is 1. The van der Waals surface area contributed by atoms with Crippen molar-refractivity contribution in [3.05, 3.63) is 27.3 Å². The second kappa shape index (κ2) is 5.99. The van der Waals surface area contributed by atoms with Crippen LogP contribution in [0.5, 0.6) is 0 Å². The maximum absolute atomic E-state index is 15.2. The maximum Gasteiger partial charge on any atom is 0.354 e. The van der Waals surface area contributed by atoms with Crippen LogP contribution in [-0.2, 0) is 4.74 Å². The number of aliphatic hydroxyl groups excluding tert-OH is 2. The van der Waals surface area contributed by atoms with Gasteiger partial charge in [-0.3, -0.25) is 4.57 Å². The van der Waals surface area contributed by atoms with Gasteiger partial charge in [-0.1, -0.05) is 5.11 Å². The SMILES string of the molecule is [N-]=[N+]=N[C@]1(CO)O[C@@H](n2cnc(N)nc2=O)[C@@](F)(C#CCl)[C@@H]1O. The molecule has 1 aromatic rings. The van der Waals surface area contributed by atoms with Crippen LogP contribution in [0.15, 0.2) is 16.2 Å². The number of hydrogen-bond donors (Lipinski definition) is 3. The molecule has 1 fully saturated rings. The molecular weight excluding hydrogens is 337 g/mol. The Hall–Kier alpha value is -2.42. The van der Waals surface area contributed by atoms with Crippen molar-refractivity contribution >= 4 is 17.5 Å². The monoisotopic (exact) mass is 345 g/mol. The molecule has 1 aliphatic rings. The average molecular weight is 346 g/mol. The van der Waals surface area contributed by atoms with Crippen molar-refractivity contribution in [1.29, 1.82) is 0 Å². The molecule has 13 heteroatoms. The number of anilines is 1. The van der Waals surface area contributed by atoms with Crippen molar-refractivity contribution in [1.82, 2.24) is 14.5 Å². The first kappa shape index (κ1) is 16.9. The van der Waals surface area contributed by atoms with Gasteiger partial charge in [0.25, 0.3) is 0 Å². The zero-order chi connectivity index (χ0) is 17.3. The maximum atomic E-state index is 15.2. The van der Waals surface area contributed by atoms with Gasteiger partial charge in [0.15, 0.2) is 6.23 Å². The molecule has 1 saturated heterocycles. The molecule has 0 aromatic carbocycles. The van der Waals surface area contributed by atoms with E-state index in [2.05, 4.69) is 20.0 Å². The van der Waals surface area contributed by atoms with Crippen LogP contribution in [-0.4, -0.2) is 48.9 Å². The number of aromatic nitrogens is 3. The third-order valence-corrected chi connectivity index (χ3v) is 3.27. The van der Waals surface area contributed by atoms with E-state index in [9.17, 15) is 15.0 Å². The van der Waals surface area contributed by atoms with Crippen LogP contribution in [0.1, 0.15) is 6.23 Å². The zero-order valence-corrected chi connectivity index (χ0v) is 11.9. The van der Waals surface area contributed by atoms with Crippen molar-refractivity contribution < 1.29 is 19.3 Å². The first-order valence-corrected chi connectivity index (χ1v) is 6.28. The molecule has 1 aromatic heterocycles. The number of rotatable bonds is 3. The summed E-state index contributed by atoms with van der Waals surface area (Å²) in [6.45, 7) is -1.09. The predicted molar refractivity (Wildman–Crippen MR) is 73.3 cm³/mol. The first-order chi connectivity index (χ1) is 10.8. The van der Waals surface area contributed by atoms with Gasteiger partial charge in [0.2, 0.25) is 17.3 Å². The van der Waals surface area contributed by atoms with Crippen LogP contribution in [0.3, 0.4) is 0 Å². The van der Waals surface area contributed by atoms with Crippen LogP contribution < -0.4 is 11.4 Å². The number of nitrogen functional groups attached to an aromatic ring is 1. The summed E-state index contributed by atoms with van der Waals surface area (Å²) < 4.78 is 20.8. The summed E-state index contributed by atoms with van der Waals surface area (Å²) in [5.74, 6) is 1.47. The first-order valence-electron chi connectivity index (χ1n) is 5.90. The van der Waals surface area contributed by atoms with Crippen LogP contribution in [0, 0.1) is 11.3 Å². The highest BCUT2D eigenvalue weighted by Crippen LogP contribution is 2.47. The lowest BCUT2D eigenvalue weighted by Gasteiger charge is -2.25. The Morgan fingerprint density at radius 3 is 2.96 bits per heavy atom. The highest BCUT2D eigenvalue weighted by molar-refractivity contribution is 6.30. The van der Waals surface area contributed by atoms with Crippen LogP contribution in [0.25, 0.3) is 10.4 Å². The van der Waals surface area contributed by atoms with Gasteiger partial charge in [-0.05, 0) is 23.1 Å². The van der Waals surface area contributed by atoms with E-state index in [0.717, 1.165) is 6.33 Å². The minimum atomic E-state index is -3.00. The van der Waals surface area contributed by atoms with Crippen molar-refractivity contribution in [2.45, 2.75) is 23.7 Å². The Morgan fingerprint density at radius 1 is 1.74 bits per heavy atom. The fraction of sp³-hybridized carbons (Fsp3) is 0.500. The highest BCUT2D eigenvalue weighted by Gasteiger charge is 2.65. The van der Waals surface area contributed by atoms with Gasteiger partial charge in [-0.25, -0.2) is 14.2 Å². The number of azide groups is 1. The van der Waals surface area contributed by atoms with Gasteiger partial charge >= 0.3 is 5.69 Å². The third-order valence-electron chi connectivity index (χ3n) is 3.18. The lowest BCUT2D eigenvalue weighted by atomic mass is 9.94. The largest absolute Gasteiger partial charge is 0.393 e. The molecule has 2 heterocycles. The van der Waals surface area contributed by atoms with Gasteiger partial charge in [0.1, 0.15) is 12.4 Å². The summed E-state index contributed by atoms with van der Waals surface area (Å²) >= 11 is 5.20. The molecule has 4 atom stereocenters. The van der Waals surface area contributed by atoms with E-state index < -0.39 is 36.0 Å². The predicted octanol–water partition coefficient (Wildman–Crippen LogP) is -0.983. The molecule has 0 amide bonds. The summed E-state index contributed by atoms with van der Waals surface area (Å²) in [6.07, 6.45) is -3.40. The van der Waals surface area contributed by atoms with Gasteiger partial charge in [-0.2, -0.15) is 4.98 Å². The minimum absolute atomic E-state index is 0.374. The number of hydrogen-bond acceptors (Lipinski definition) is 8. The number of halogens is 2. The lowest BCUT2D eigenvalue weighted by molar-refractivity contribution is -0.125. The van der Waals surface area contributed by atoms with Crippen molar-refractivity contribution in [3.8, 4) is 11.3 Å². The fourth-order valence-electron chi connectivity index (χ4n) is 2.09. The van der Waals surface area contributed by atoms with Crippen LogP contribution in [0.4, 0.5) is 10.3 Å². The Kier molecular flexibility index (Phi) is 4.42. The Labute approximate surface area is 132 Å². The topological polar surface area (TPSA) is 172 Å². The molecule has 0 bridgehead atoms. The lowest BCUT2D eigenvalue weighted by Crippen LogP contribution is -2.49. The van der Waals surface area contributed by atoms with E-state index in [1.165, 1.54) is 0 Å². The number of ether oxygens (including phenoxy) is 1. The Bertz CT molecular complexity index is 787. The second-order valence-electron chi connectivity index (χ2n) is 4.46. The summed E-state index contributed by atoms with van der Waals surface area (Å²) in [5.41, 5.74) is 7.30. The summed E-state index contributed by atoms with van der Waals surface area (Å²) in [5, 5.41) is 24.3. The fourth-order valence-corrected chi connectivity index (χ4v) is 2.24. The smallest absolute Gasteiger partial charge is 0.354 e. The molecule has 122 valence electrons. The molecule has 1 aliphatic heterocycles. The molecule has 23 heavy (non-hydrogen) atoms. The second-order valence-corrected chi connectivity index (χ2v) is 4.65. The summed E-state index contributed by atoms with van der Waals surface area (Å²) in [6, 6.07) is 0. The number of nitrogens with zero attached hydrogens (tertiary/aromatic N) is 6. The van der Waals surface area contributed by atoms with Gasteiger partial charge in [0, 0.05) is 10.3 Å². The van der Waals surface area contributed by atoms with Gasteiger partial charge < -0.3 is 20.7 Å². The molecule has 2 rings (SSSR count). The normalized spacial score (nSPS) is 32.7. The summed E-state index contributed by atoms with van der Waals surface area (Å²) in [4.78, 5) is 21.0. The van der Waals surface area contributed by atoms with Crippen molar-refractivity contribution in [3.63, 3.8) is 0 Å². The van der Waals surface area contributed by atoms with E-state index >= 15 is 4.39 Å². The Morgan fingerprint density at radius 2 is 2.43 bits per heavy atom. The molecule has 0 aliphatic carbocycles. The van der Waals surface area contributed by atoms with E-state index in [0.29, 0.717) is 4.57 Å². The van der Waals surface area contributed by atoms with Crippen LogP contribution in [0.2, 0.25) is 0 Å². The van der Waals surface area contributed by atoms with E-state index in [-0.39, 0.29) is 5.95 Å². The molecular formula is C10H9ClFN7O4. The van der Waals surface area contributed by atoms with Crippen molar-refractivity contribution in [2.75, 3.05) is 12.3 Å². The number of aliphatic hydroxyl groups is 2. The van der Waals surface area contributed by atoms with Crippen molar-refractivity contribution in [2.24, 2.45) is 5.11 Å². The quantitative estimate of drug-likeness (QED) is 0.273. The van der Waals surface area contributed by atoms with Gasteiger partial charge in [-0.15, -0.1) is 0 Å². The Balaban J connectivity index is 2.67. The highest BCUT2D eigenvalue weighted by atomic mass is 35.5. The van der Waals surface area contributed by atoms with E-state index in [1.807, 2.05) is 5.92 Å². The minimum Gasteiger partial charge on any atom is -0.393 e. The summed E-state index contributed by atoms with van der Waals surface area (Å²) in [7, 11) is 0. The number of nitrogens with two attached hydrogens (primary N) is 1. The van der Waals surface area contributed by atoms with E-state index in [1.54, 1.807) is 5.38 Å². The molecule has 4 N–H and O–H groups in total. The average Bonchev–Trinajstić information content (AvgIpc) is 2.71. The standard InChI is InChI=1S/C10H9ClFN7O4/c11-2-1-9(12)5(21)10(3-20,17-18-14)23-6(9)19-4-15-7(13)16-8(19)22/h4-6,20-21H,3H2,(H2,13,16,22)/t5-,6+,9+,10+/m0/s1. The zero-order valence-electron chi connectivity index (χ0n) is 11.2. The van der Waals surface area contributed by atoms with Crippen LogP contribution >= 0.6 is 11.6 Å². The molecule has 0 saturated carbocycles. The third kappa shape index (κ3) is 2.56. The molecule has 0 unspecified atom stereocenters. The molecule has 0 spiro atoms. The molecule has 11 nitrogen and oxygen atoms in total.